The minimum absolute atomic E-state index is 0.138. The van der Waals surface area contributed by atoms with Gasteiger partial charge in [0.25, 0.3) is 0 Å². The van der Waals surface area contributed by atoms with Crippen LogP contribution in [-0.4, -0.2) is 25.0 Å². The summed E-state index contributed by atoms with van der Waals surface area (Å²) in [4.78, 5) is 27.0. The number of nitrogens with one attached hydrogen (secondary N) is 1. The molecule has 39 heavy (non-hydrogen) atoms. The van der Waals surface area contributed by atoms with Gasteiger partial charge in [-0.3, -0.25) is 4.79 Å². The van der Waals surface area contributed by atoms with Gasteiger partial charge in [0.2, 0.25) is 0 Å². The third-order valence-corrected chi connectivity index (χ3v) is 7.16. The lowest BCUT2D eigenvalue weighted by molar-refractivity contribution is -0.138. The minimum Gasteiger partial charge on any atom is -0.490 e. The molecule has 0 saturated heterocycles. The molecule has 0 spiro atoms. The highest BCUT2D eigenvalue weighted by Gasteiger charge is 2.43. The highest BCUT2D eigenvalue weighted by atomic mass is 35.5. The van der Waals surface area contributed by atoms with Crippen molar-refractivity contribution >= 4 is 29.1 Å². The van der Waals surface area contributed by atoms with E-state index in [0.717, 1.165) is 16.7 Å². The van der Waals surface area contributed by atoms with E-state index in [9.17, 15) is 9.59 Å². The average Bonchev–Trinajstić information content (AvgIpc) is 3.19. The number of aryl methyl sites for hydroxylation is 1. The number of dihydropyridines is 1. The molecule has 0 fully saturated rings. The van der Waals surface area contributed by atoms with Crippen molar-refractivity contribution in [3.05, 3.63) is 110 Å². The van der Waals surface area contributed by atoms with Gasteiger partial charge in [0.05, 0.1) is 29.5 Å². The number of carbonyl (C=O) groups is 2. The fourth-order valence-electron chi connectivity index (χ4n) is 5.26. The largest absolute Gasteiger partial charge is 0.490 e. The quantitative estimate of drug-likeness (QED) is 0.316. The standard InChI is InChI=1S/C32H30ClNO5/c1-5-37-25-16-21(15-24(33)31(25)39-17-20-11-9-10-18(3)14-20)27-26(32(36)38-6-2)19(4)34-29-22-12-7-8-13-23(22)30(35)28(27)29/h7-16,27,34H,5-6,17H2,1-4H3/t27-/m0/s1. The molecule has 0 unspecified atom stereocenters. The minimum atomic E-state index is -0.706. The Kier molecular flexibility index (Phi) is 7.49. The normalized spacial score (nSPS) is 16.0. The molecule has 0 aromatic heterocycles. The van der Waals surface area contributed by atoms with Crippen molar-refractivity contribution in [3.8, 4) is 11.5 Å². The first-order chi connectivity index (χ1) is 18.8. The van der Waals surface area contributed by atoms with E-state index in [1.165, 1.54) is 0 Å². The predicted octanol–water partition coefficient (Wildman–Crippen LogP) is 6.76. The predicted molar refractivity (Wildman–Crippen MR) is 151 cm³/mol. The summed E-state index contributed by atoms with van der Waals surface area (Å²) >= 11 is 6.83. The molecule has 1 N–H and O–H groups in total. The molecule has 0 saturated carbocycles. The number of ether oxygens (including phenoxy) is 3. The highest BCUT2D eigenvalue weighted by molar-refractivity contribution is 6.32. The van der Waals surface area contributed by atoms with Gasteiger partial charge in [0, 0.05) is 28.3 Å². The lowest BCUT2D eigenvalue weighted by Crippen LogP contribution is -2.29. The second-order valence-electron chi connectivity index (χ2n) is 9.52. The number of rotatable bonds is 8. The maximum Gasteiger partial charge on any atom is 0.336 e. The topological polar surface area (TPSA) is 73.9 Å². The summed E-state index contributed by atoms with van der Waals surface area (Å²) in [6, 6.07) is 19.0. The van der Waals surface area contributed by atoms with Crippen LogP contribution in [0.2, 0.25) is 5.02 Å². The van der Waals surface area contributed by atoms with Crippen LogP contribution >= 0.6 is 11.6 Å². The van der Waals surface area contributed by atoms with E-state index in [4.69, 9.17) is 25.8 Å². The fourth-order valence-corrected chi connectivity index (χ4v) is 5.53. The Morgan fingerprint density at radius 2 is 1.72 bits per heavy atom. The molecular weight excluding hydrogens is 514 g/mol. The van der Waals surface area contributed by atoms with Crippen LogP contribution in [0.25, 0.3) is 5.70 Å². The van der Waals surface area contributed by atoms with Crippen molar-refractivity contribution in [2.45, 2.75) is 40.2 Å². The Bertz CT molecular complexity index is 1540. The number of allylic oxidation sites excluding steroid dienone is 2. The zero-order valence-corrected chi connectivity index (χ0v) is 23.1. The Hall–Kier alpha value is -4.03. The third kappa shape index (κ3) is 4.92. The van der Waals surface area contributed by atoms with Crippen LogP contribution in [0.5, 0.6) is 11.5 Å². The van der Waals surface area contributed by atoms with Crippen LogP contribution in [-0.2, 0) is 16.1 Å². The zero-order chi connectivity index (χ0) is 27.7. The first-order valence-corrected chi connectivity index (χ1v) is 13.4. The van der Waals surface area contributed by atoms with E-state index >= 15 is 0 Å². The van der Waals surface area contributed by atoms with Gasteiger partial charge in [0.15, 0.2) is 17.3 Å². The second-order valence-corrected chi connectivity index (χ2v) is 9.93. The Balaban J connectivity index is 1.62. The maximum atomic E-state index is 13.7. The summed E-state index contributed by atoms with van der Waals surface area (Å²) in [6.45, 7) is 8.37. The van der Waals surface area contributed by atoms with Crippen LogP contribution in [0, 0.1) is 6.92 Å². The number of fused-ring (bicyclic) bond motifs is 2. The summed E-state index contributed by atoms with van der Waals surface area (Å²) in [5.41, 5.74) is 6.34. The van der Waals surface area contributed by atoms with Gasteiger partial charge in [0.1, 0.15) is 6.61 Å². The van der Waals surface area contributed by atoms with Crippen molar-refractivity contribution in [1.82, 2.24) is 5.32 Å². The van der Waals surface area contributed by atoms with E-state index < -0.39 is 11.9 Å². The second kappa shape index (κ2) is 11.0. The third-order valence-electron chi connectivity index (χ3n) is 6.87. The van der Waals surface area contributed by atoms with Crippen molar-refractivity contribution < 1.29 is 23.8 Å². The number of benzene rings is 3. The Labute approximate surface area is 233 Å². The van der Waals surface area contributed by atoms with Gasteiger partial charge >= 0.3 is 5.97 Å². The lowest BCUT2D eigenvalue weighted by Gasteiger charge is -2.30. The van der Waals surface area contributed by atoms with E-state index in [0.29, 0.717) is 63.4 Å². The van der Waals surface area contributed by atoms with E-state index in [1.807, 2.05) is 69.3 Å². The van der Waals surface area contributed by atoms with Crippen molar-refractivity contribution in [2.75, 3.05) is 13.2 Å². The first-order valence-electron chi connectivity index (χ1n) is 13.0. The molecule has 5 rings (SSSR count). The lowest BCUT2D eigenvalue weighted by atomic mass is 9.79. The smallest absolute Gasteiger partial charge is 0.336 e. The zero-order valence-electron chi connectivity index (χ0n) is 22.4. The van der Waals surface area contributed by atoms with Crippen LogP contribution in [0.1, 0.15) is 59.3 Å². The summed E-state index contributed by atoms with van der Waals surface area (Å²) in [5.74, 6) is -0.482. The Morgan fingerprint density at radius 3 is 2.44 bits per heavy atom. The number of halogens is 1. The Morgan fingerprint density at radius 1 is 0.949 bits per heavy atom. The number of carbonyl (C=O) groups excluding carboxylic acids is 2. The molecule has 1 atom stereocenters. The molecule has 0 bridgehead atoms. The van der Waals surface area contributed by atoms with Crippen molar-refractivity contribution in [2.24, 2.45) is 0 Å². The van der Waals surface area contributed by atoms with E-state index in [1.54, 1.807) is 19.1 Å². The molecule has 0 radical (unpaired) electrons. The van der Waals surface area contributed by atoms with Gasteiger partial charge in [-0.15, -0.1) is 0 Å². The molecule has 1 heterocycles. The summed E-state index contributed by atoms with van der Waals surface area (Å²) in [5, 5.41) is 3.64. The summed E-state index contributed by atoms with van der Waals surface area (Å²) in [7, 11) is 0. The number of Topliss-reactive ketones (excluding diaryl/α,β-unsaturated/α-hetero) is 1. The average molecular weight is 544 g/mol. The molecule has 1 aliphatic heterocycles. The fraction of sp³-hybridized carbons (Fsp3) is 0.250. The van der Waals surface area contributed by atoms with Crippen LogP contribution in [0.4, 0.5) is 0 Å². The number of hydrogen-bond acceptors (Lipinski definition) is 6. The van der Waals surface area contributed by atoms with Gasteiger partial charge in [-0.2, -0.15) is 0 Å². The molecule has 3 aromatic rings. The summed E-state index contributed by atoms with van der Waals surface area (Å²) in [6.07, 6.45) is 0. The monoisotopic (exact) mass is 543 g/mol. The number of hydrogen-bond donors (Lipinski definition) is 1. The van der Waals surface area contributed by atoms with Gasteiger partial charge in [-0.25, -0.2) is 4.79 Å². The van der Waals surface area contributed by atoms with Crippen LogP contribution in [0.3, 0.4) is 0 Å². The maximum absolute atomic E-state index is 13.7. The van der Waals surface area contributed by atoms with Gasteiger partial charge in [-0.1, -0.05) is 65.7 Å². The van der Waals surface area contributed by atoms with E-state index in [2.05, 4.69) is 5.32 Å². The number of esters is 1. The summed E-state index contributed by atoms with van der Waals surface area (Å²) < 4.78 is 17.6. The molecule has 200 valence electrons. The SMILES string of the molecule is CCOC(=O)C1=C(C)NC2=C(C(=O)c3ccccc32)[C@H]1c1cc(Cl)c(OCc2cccc(C)c2)c(OCC)c1. The molecule has 6 nitrogen and oxygen atoms in total. The molecule has 1 aliphatic carbocycles. The van der Waals surface area contributed by atoms with Crippen molar-refractivity contribution in [3.63, 3.8) is 0 Å². The molecule has 2 aliphatic rings. The molecule has 0 amide bonds. The van der Waals surface area contributed by atoms with Crippen molar-refractivity contribution in [1.29, 1.82) is 0 Å². The first kappa shape index (κ1) is 26.6. The van der Waals surface area contributed by atoms with Crippen LogP contribution < -0.4 is 14.8 Å². The van der Waals surface area contributed by atoms with Gasteiger partial charge < -0.3 is 19.5 Å². The molecular formula is C32H30ClNO5. The highest BCUT2D eigenvalue weighted by Crippen LogP contribution is 2.49. The molecule has 3 aromatic carbocycles. The van der Waals surface area contributed by atoms with E-state index in [-0.39, 0.29) is 12.4 Å². The molecule has 7 heteroatoms. The van der Waals surface area contributed by atoms with Crippen LogP contribution in [0.15, 0.2) is 77.5 Å². The number of ketones is 1. The van der Waals surface area contributed by atoms with Gasteiger partial charge in [-0.05, 0) is 51.0 Å².